The molecule has 3 amide bonds. The molecule has 4 aliphatic heterocycles. The second-order valence-corrected chi connectivity index (χ2v) is 17.3. The number of imidazole rings is 1. The van der Waals surface area contributed by atoms with Crippen LogP contribution in [0.1, 0.15) is 61.2 Å². The van der Waals surface area contributed by atoms with E-state index in [4.69, 9.17) is 4.98 Å². The molecule has 54 heavy (non-hydrogen) atoms. The highest BCUT2D eigenvalue weighted by Gasteiger charge is 2.46. The zero-order valence-electron chi connectivity index (χ0n) is 30.7. The predicted octanol–water partition coefficient (Wildman–Crippen LogP) is 4.20. The Bertz CT molecular complexity index is 2430. The molecule has 2 atom stereocenters. The number of aromatic nitrogens is 3. The Morgan fingerprint density at radius 3 is 2.46 bits per heavy atom. The number of rotatable bonds is 4. The Labute approximate surface area is 316 Å². The van der Waals surface area contributed by atoms with E-state index in [-0.39, 0.29) is 30.0 Å². The maximum atomic E-state index is 13.2. The van der Waals surface area contributed by atoms with Gasteiger partial charge in [0.1, 0.15) is 16.7 Å². The number of amides is 3. The number of thiophene rings is 1. The number of hydrogen-bond acceptors (Lipinski definition) is 10. The van der Waals surface area contributed by atoms with E-state index in [0.717, 1.165) is 93.4 Å². The zero-order valence-corrected chi connectivity index (χ0v) is 31.5. The molecule has 3 aromatic heterocycles. The van der Waals surface area contributed by atoms with Crippen LogP contribution >= 0.6 is 11.3 Å². The van der Waals surface area contributed by atoms with Crippen molar-refractivity contribution in [1.82, 2.24) is 29.7 Å². The average molecular weight is 748 g/mol. The second-order valence-electron chi connectivity index (χ2n) is 16.2. The van der Waals surface area contributed by atoms with Crippen LogP contribution in [0.25, 0.3) is 32.0 Å². The summed E-state index contributed by atoms with van der Waals surface area (Å²) < 4.78 is 4.27. The fraction of sp³-hybridized carbons (Fsp3) is 0.475. The number of anilines is 3. The van der Waals surface area contributed by atoms with E-state index >= 15 is 0 Å². The lowest BCUT2D eigenvalue weighted by molar-refractivity contribution is -0.135. The molecule has 2 aromatic carbocycles. The first-order chi connectivity index (χ1) is 26.1. The molecule has 13 nitrogen and oxygen atoms in total. The molecule has 0 radical (unpaired) electrons. The minimum absolute atomic E-state index is 0.00472. The number of piperidine rings is 1. The van der Waals surface area contributed by atoms with Gasteiger partial charge in [0.05, 0.1) is 22.2 Å². The molecule has 1 spiro atoms. The molecule has 280 valence electrons. The first-order valence-corrected chi connectivity index (χ1v) is 20.2. The highest BCUT2D eigenvalue weighted by molar-refractivity contribution is 7.21. The monoisotopic (exact) mass is 747 g/mol. The number of pyridine rings is 1. The van der Waals surface area contributed by atoms with Crippen molar-refractivity contribution in [3.8, 4) is 0 Å². The van der Waals surface area contributed by atoms with Crippen LogP contribution in [0.15, 0.2) is 47.3 Å². The van der Waals surface area contributed by atoms with Crippen molar-refractivity contribution in [2.24, 2.45) is 12.5 Å². The Kier molecular flexibility index (Phi) is 7.81. The van der Waals surface area contributed by atoms with E-state index in [0.29, 0.717) is 24.4 Å². The third-order valence-corrected chi connectivity index (χ3v) is 14.0. The maximum Gasteiger partial charge on any atom is 0.329 e. The van der Waals surface area contributed by atoms with Gasteiger partial charge in [-0.05, 0) is 81.5 Å². The van der Waals surface area contributed by atoms with Gasteiger partial charge >= 0.3 is 5.69 Å². The van der Waals surface area contributed by atoms with Crippen molar-refractivity contribution >= 4 is 78.3 Å². The summed E-state index contributed by atoms with van der Waals surface area (Å²) >= 11 is 1.55. The van der Waals surface area contributed by atoms with E-state index < -0.39 is 11.9 Å². The zero-order chi connectivity index (χ0) is 36.9. The summed E-state index contributed by atoms with van der Waals surface area (Å²) in [5.74, 6) is 0.336. The van der Waals surface area contributed by atoms with E-state index in [1.165, 1.54) is 25.7 Å². The van der Waals surface area contributed by atoms with Gasteiger partial charge < -0.3 is 20.4 Å². The molecule has 3 N–H and O–H groups in total. The summed E-state index contributed by atoms with van der Waals surface area (Å²) in [5, 5.41) is 11.2. The SMILES string of the molecule is C[C@@H]1CNc2c(sc3ccc4nc(N5CC6(CCC(N7CCN(c8ccc9c(c8)n(C)c(=O)n9C8CCC(=O)NC8=O)CC7)CC6)C5)ccc4c23)C(=O)N1. The van der Waals surface area contributed by atoms with Gasteiger partial charge in [0.2, 0.25) is 11.8 Å². The molecule has 1 saturated carbocycles. The fourth-order valence-corrected chi connectivity index (χ4v) is 10.9. The number of hydrogen-bond donors (Lipinski definition) is 3. The van der Waals surface area contributed by atoms with Crippen molar-refractivity contribution in [3.63, 3.8) is 0 Å². The first-order valence-electron chi connectivity index (χ1n) is 19.3. The van der Waals surface area contributed by atoms with Crippen LogP contribution < -0.4 is 31.4 Å². The Hall–Kier alpha value is -4.95. The summed E-state index contributed by atoms with van der Waals surface area (Å²) in [6, 6.07) is 14.7. The van der Waals surface area contributed by atoms with Gasteiger partial charge in [0.15, 0.2) is 0 Å². The molecule has 5 aliphatic rings. The Morgan fingerprint density at radius 2 is 1.69 bits per heavy atom. The molecule has 1 unspecified atom stereocenters. The minimum Gasteiger partial charge on any atom is -0.381 e. The standard InChI is InChI=1S/C40H45N9O4S/c1-23-20-41-35-34-26-4-9-32(43-27(26)5-8-31(34)54-36(35)38(52)42-23)48-21-40(22-48)13-11-24(12-14-40)46-15-17-47(18-16-46)25-3-6-28-30(19-25)45(2)39(53)49(28)29-7-10-33(50)44-37(29)51/h3-6,8-9,19,23-24,29,41H,7,10-18,20-22H2,1-2H3,(H,42,52)(H,44,50,51)/t23-,29?/m1/s1. The first kappa shape index (κ1) is 33.6. The average Bonchev–Trinajstić information content (AvgIpc) is 3.62. The van der Waals surface area contributed by atoms with Crippen molar-refractivity contribution in [1.29, 1.82) is 0 Å². The van der Waals surface area contributed by atoms with Gasteiger partial charge in [-0.15, -0.1) is 11.3 Å². The molecule has 0 bridgehead atoms. The lowest BCUT2D eigenvalue weighted by atomic mass is 9.67. The van der Waals surface area contributed by atoms with Crippen LogP contribution in [0.2, 0.25) is 0 Å². The van der Waals surface area contributed by atoms with Gasteiger partial charge in [-0.25, -0.2) is 9.78 Å². The summed E-state index contributed by atoms with van der Waals surface area (Å²) in [7, 11) is 1.75. The fourth-order valence-electron chi connectivity index (χ4n) is 9.84. The lowest BCUT2D eigenvalue weighted by Gasteiger charge is -2.55. The molecule has 14 heteroatoms. The van der Waals surface area contributed by atoms with E-state index in [1.807, 2.05) is 13.0 Å². The normalized spacial score (nSPS) is 23.7. The topological polar surface area (TPSA) is 137 Å². The van der Waals surface area contributed by atoms with Crippen molar-refractivity contribution in [2.75, 3.05) is 60.9 Å². The van der Waals surface area contributed by atoms with E-state index in [9.17, 15) is 19.2 Å². The van der Waals surface area contributed by atoms with Gasteiger partial charge in [-0.1, -0.05) is 0 Å². The molecule has 10 rings (SSSR count). The second kappa shape index (κ2) is 12.6. The number of carbonyl (C=O) groups excluding carboxylic acids is 3. The quantitative estimate of drug-likeness (QED) is 0.231. The van der Waals surface area contributed by atoms with Crippen LogP contribution in [0.4, 0.5) is 17.2 Å². The van der Waals surface area contributed by atoms with Crippen LogP contribution in [0.3, 0.4) is 0 Å². The van der Waals surface area contributed by atoms with Crippen molar-refractivity contribution in [3.05, 3.63) is 57.8 Å². The smallest absolute Gasteiger partial charge is 0.329 e. The molecule has 3 saturated heterocycles. The number of piperazine rings is 1. The summed E-state index contributed by atoms with van der Waals surface area (Å²) in [6.07, 6.45) is 5.49. The highest BCUT2D eigenvalue weighted by Crippen LogP contribution is 2.47. The third-order valence-electron chi connectivity index (χ3n) is 12.9. The molecule has 4 fully saturated rings. The molecular formula is C40H45N9O4S. The predicted molar refractivity (Wildman–Crippen MR) is 212 cm³/mol. The third kappa shape index (κ3) is 5.39. The number of imide groups is 1. The molecule has 7 heterocycles. The van der Waals surface area contributed by atoms with E-state index in [2.05, 4.69) is 67.0 Å². The maximum absolute atomic E-state index is 13.2. The van der Waals surface area contributed by atoms with Crippen LogP contribution in [0, 0.1) is 5.41 Å². The van der Waals surface area contributed by atoms with Crippen molar-refractivity contribution in [2.45, 2.75) is 63.6 Å². The molecule has 1 aliphatic carbocycles. The summed E-state index contributed by atoms with van der Waals surface area (Å²) in [6.45, 7) is 8.71. The van der Waals surface area contributed by atoms with Gasteiger partial charge in [0, 0.05) is 97.9 Å². The number of benzene rings is 2. The van der Waals surface area contributed by atoms with Gasteiger partial charge in [0.25, 0.3) is 5.91 Å². The van der Waals surface area contributed by atoms with Crippen LogP contribution in [0.5, 0.6) is 0 Å². The van der Waals surface area contributed by atoms with Crippen molar-refractivity contribution < 1.29 is 14.4 Å². The Balaban J connectivity index is 0.762. The van der Waals surface area contributed by atoms with Crippen LogP contribution in [-0.2, 0) is 16.6 Å². The van der Waals surface area contributed by atoms with Crippen LogP contribution in [-0.4, -0.2) is 94.6 Å². The number of nitrogens with one attached hydrogen (secondary N) is 3. The van der Waals surface area contributed by atoms with Gasteiger partial charge in [-0.3, -0.25) is 33.7 Å². The Morgan fingerprint density at radius 1 is 0.889 bits per heavy atom. The minimum atomic E-state index is -0.677. The highest BCUT2D eigenvalue weighted by atomic mass is 32.1. The number of carbonyl (C=O) groups is 3. The van der Waals surface area contributed by atoms with Gasteiger partial charge in [-0.2, -0.15) is 0 Å². The largest absolute Gasteiger partial charge is 0.381 e. The summed E-state index contributed by atoms with van der Waals surface area (Å²) in [5.41, 5.74) is 4.65. The van der Waals surface area contributed by atoms with E-state index in [1.54, 1.807) is 27.5 Å². The summed E-state index contributed by atoms with van der Waals surface area (Å²) in [4.78, 5) is 63.8. The number of fused-ring (bicyclic) bond motifs is 6. The molecular weight excluding hydrogens is 703 g/mol. The molecule has 5 aromatic rings. The number of nitrogens with zero attached hydrogens (tertiary/aromatic N) is 6. The number of aryl methyl sites for hydroxylation is 1. The lowest BCUT2D eigenvalue weighted by Crippen LogP contribution is -2.60.